The number of pyridine rings is 1. The zero-order valence-corrected chi connectivity index (χ0v) is 13.4. The Morgan fingerprint density at radius 3 is 2.70 bits per heavy atom. The molecule has 0 saturated heterocycles. The van der Waals surface area contributed by atoms with Crippen molar-refractivity contribution in [2.45, 2.75) is 33.0 Å². The summed E-state index contributed by atoms with van der Waals surface area (Å²) in [5, 5.41) is 3.41. The fraction of sp³-hybridized carbons (Fsp3) is 0.312. The summed E-state index contributed by atoms with van der Waals surface area (Å²) in [6.07, 6.45) is 1.78. The van der Waals surface area contributed by atoms with Crippen LogP contribution in [0.4, 0.5) is 0 Å². The monoisotopic (exact) mass is 334 g/mol. The first-order valence-electron chi connectivity index (χ1n) is 6.69. The van der Waals surface area contributed by atoms with Crippen LogP contribution in [0.15, 0.2) is 47.1 Å². The van der Waals surface area contributed by atoms with E-state index in [1.165, 1.54) is 5.56 Å². The second-order valence-electron chi connectivity index (χ2n) is 4.90. The third-order valence-electron chi connectivity index (χ3n) is 2.84. The normalized spacial score (nSPS) is 10.8. The first-order chi connectivity index (χ1) is 9.65. The lowest BCUT2D eigenvalue weighted by molar-refractivity contribution is 0.297. The van der Waals surface area contributed by atoms with Gasteiger partial charge in [0.2, 0.25) is 0 Å². The van der Waals surface area contributed by atoms with Gasteiger partial charge in [0.25, 0.3) is 0 Å². The van der Waals surface area contributed by atoms with Crippen LogP contribution in [0.25, 0.3) is 0 Å². The van der Waals surface area contributed by atoms with Gasteiger partial charge < -0.3 is 10.1 Å². The van der Waals surface area contributed by atoms with Gasteiger partial charge in [-0.15, -0.1) is 0 Å². The van der Waals surface area contributed by atoms with Crippen molar-refractivity contribution in [3.05, 3.63) is 58.3 Å². The number of rotatable bonds is 6. The van der Waals surface area contributed by atoms with E-state index >= 15 is 0 Å². The Bertz CT molecular complexity index is 540. The molecule has 4 heteroatoms. The maximum Gasteiger partial charge on any atom is 0.130 e. The minimum Gasteiger partial charge on any atom is -0.487 e. The molecule has 0 aliphatic carbocycles. The number of halogens is 1. The molecule has 0 spiro atoms. The molecule has 1 heterocycles. The SMILES string of the molecule is CC(C)NCc1ccccc1OCc1ccc(Br)cn1. The summed E-state index contributed by atoms with van der Waals surface area (Å²) in [6, 6.07) is 12.5. The molecule has 106 valence electrons. The topological polar surface area (TPSA) is 34.1 Å². The molecule has 0 atom stereocenters. The average molecular weight is 335 g/mol. The van der Waals surface area contributed by atoms with Gasteiger partial charge in [0, 0.05) is 28.8 Å². The van der Waals surface area contributed by atoms with Crippen molar-refractivity contribution < 1.29 is 4.74 Å². The van der Waals surface area contributed by atoms with Crippen molar-refractivity contribution >= 4 is 15.9 Å². The van der Waals surface area contributed by atoms with E-state index in [9.17, 15) is 0 Å². The molecule has 0 unspecified atom stereocenters. The second-order valence-corrected chi connectivity index (χ2v) is 5.82. The van der Waals surface area contributed by atoms with E-state index in [-0.39, 0.29) is 0 Å². The van der Waals surface area contributed by atoms with Gasteiger partial charge in [0.1, 0.15) is 12.4 Å². The number of ether oxygens (including phenoxy) is 1. The van der Waals surface area contributed by atoms with E-state index in [4.69, 9.17) is 4.74 Å². The largest absolute Gasteiger partial charge is 0.487 e. The molecule has 3 nitrogen and oxygen atoms in total. The maximum absolute atomic E-state index is 5.88. The van der Waals surface area contributed by atoms with Crippen LogP contribution >= 0.6 is 15.9 Å². The van der Waals surface area contributed by atoms with Crippen molar-refractivity contribution in [1.29, 1.82) is 0 Å². The van der Waals surface area contributed by atoms with Gasteiger partial charge in [-0.3, -0.25) is 4.98 Å². The minimum absolute atomic E-state index is 0.455. The lowest BCUT2D eigenvalue weighted by Crippen LogP contribution is -2.22. The van der Waals surface area contributed by atoms with Crippen molar-refractivity contribution in [3.63, 3.8) is 0 Å². The number of hydrogen-bond acceptors (Lipinski definition) is 3. The third kappa shape index (κ3) is 4.62. The summed E-state index contributed by atoms with van der Waals surface area (Å²) in [5.41, 5.74) is 2.08. The molecule has 0 radical (unpaired) electrons. The second kappa shape index (κ2) is 7.41. The van der Waals surface area contributed by atoms with Gasteiger partial charge >= 0.3 is 0 Å². The number of para-hydroxylation sites is 1. The molecule has 0 amide bonds. The van der Waals surface area contributed by atoms with E-state index in [0.29, 0.717) is 12.6 Å². The van der Waals surface area contributed by atoms with Crippen LogP contribution in [0.2, 0.25) is 0 Å². The van der Waals surface area contributed by atoms with Gasteiger partial charge in [0.15, 0.2) is 0 Å². The molecule has 0 saturated carbocycles. The number of nitrogens with zero attached hydrogens (tertiary/aromatic N) is 1. The average Bonchev–Trinajstić information content (AvgIpc) is 2.45. The number of hydrogen-bond donors (Lipinski definition) is 1. The number of benzene rings is 1. The van der Waals surface area contributed by atoms with E-state index in [2.05, 4.69) is 46.1 Å². The van der Waals surface area contributed by atoms with Gasteiger partial charge in [-0.1, -0.05) is 32.0 Å². The highest BCUT2D eigenvalue weighted by Gasteiger charge is 2.04. The maximum atomic E-state index is 5.88. The molecule has 2 rings (SSSR count). The van der Waals surface area contributed by atoms with E-state index in [1.807, 2.05) is 30.3 Å². The first-order valence-corrected chi connectivity index (χ1v) is 7.49. The smallest absolute Gasteiger partial charge is 0.130 e. The first kappa shape index (κ1) is 15.0. The Hall–Kier alpha value is -1.39. The molecule has 0 aliphatic rings. The molecule has 2 aromatic rings. The Labute approximate surface area is 128 Å². The fourth-order valence-corrected chi connectivity index (χ4v) is 1.98. The van der Waals surface area contributed by atoms with Crippen LogP contribution in [0, 0.1) is 0 Å². The molecule has 1 N–H and O–H groups in total. The highest BCUT2D eigenvalue weighted by atomic mass is 79.9. The highest BCUT2D eigenvalue weighted by molar-refractivity contribution is 9.10. The summed E-state index contributed by atoms with van der Waals surface area (Å²) in [6.45, 7) is 5.55. The van der Waals surface area contributed by atoms with Crippen molar-refractivity contribution in [2.75, 3.05) is 0 Å². The summed E-state index contributed by atoms with van der Waals surface area (Å²) in [4.78, 5) is 4.31. The van der Waals surface area contributed by atoms with Gasteiger partial charge in [-0.2, -0.15) is 0 Å². The van der Waals surface area contributed by atoms with Gasteiger partial charge in [-0.05, 0) is 34.1 Å². The number of nitrogens with one attached hydrogen (secondary N) is 1. The van der Waals surface area contributed by atoms with Gasteiger partial charge in [-0.25, -0.2) is 0 Å². The Balaban J connectivity index is 1.99. The van der Waals surface area contributed by atoms with E-state index in [0.717, 1.165) is 22.5 Å². The van der Waals surface area contributed by atoms with Crippen molar-refractivity contribution in [3.8, 4) is 5.75 Å². The minimum atomic E-state index is 0.455. The van der Waals surface area contributed by atoms with E-state index < -0.39 is 0 Å². The lowest BCUT2D eigenvalue weighted by atomic mass is 10.2. The zero-order chi connectivity index (χ0) is 14.4. The van der Waals surface area contributed by atoms with Crippen LogP contribution in [0.5, 0.6) is 5.75 Å². The molecular formula is C16H19BrN2O. The summed E-state index contributed by atoms with van der Waals surface area (Å²) < 4.78 is 6.85. The number of aromatic nitrogens is 1. The Kier molecular flexibility index (Phi) is 5.56. The molecule has 0 aliphatic heterocycles. The highest BCUT2D eigenvalue weighted by Crippen LogP contribution is 2.19. The van der Waals surface area contributed by atoms with Crippen LogP contribution in [0.3, 0.4) is 0 Å². The van der Waals surface area contributed by atoms with Crippen LogP contribution in [0.1, 0.15) is 25.1 Å². The summed E-state index contributed by atoms with van der Waals surface area (Å²) in [7, 11) is 0. The predicted molar refractivity (Wildman–Crippen MR) is 84.7 cm³/mol. The predicted octanol–water partition coefficient (Wildman–Crippen LogP) is 3.92. The molecule has 0 bridgehead atoms. The summed E-state index contributed by atoms with van der Waals surface area (Å²) in [5.74, 6) is 0.908. The van der Waals surface area contributed by atoms with Gasteiger partial charge in [0.05, 0.1) is 5.69 Å². The fourth-order valence-electron chi connectivity index (χ4n) is 1.75. The van der Waals surface area contributed by atoms with Crippen LogP contribution in [-0.4, -0.2) is 11.0 Å². The summed E-state index contributed by atoms with van der Waals surface area (Å²) >= 11 is 3.38. The van der Waals surface area contributed by atoms with Crippen molar-refractivity contribution in [1.82, 2.24) is 10.3 Å². The van der Waals surface area contributed by atoms with Crippen LogP contribution < -0.4 is 10.1 Å². The molecule has 20 heavy (non-hydrogen) atoms. The quantitative estimate of drug-likeness (QED) is 0.869. The van der Waals surface area contributed by atoms with E-state index in [1.54, 1.807) is 6.20 Å². The lowest BCUT2D eigenvalue weighted by Gasteiger charge is -2.13. The molecule has 0 fully saturated rings. The molecule has 1 aromatic heterocycles. The molecular weight excluding hydrogens is 316 g/mol. The molecule has 1 aromatic carbocycles. The van der Waals surface area contributed by atoms with Crippen LogP contribution in [-0.2, 0) is 13.2 Å². The van der Waals surface area contributed by atoms with Crippen molar-refractivity contribution in [2.24, 2.45) is 0 Å². The zero-order valence-electron chi connectivity index (χ0n) is 11.8. The Morgan fingerprint density at radius 1 is 1.20 bits per heavy atom. The Morgan fingerprint density at radius 2 is 2.00 bits per heavy atom. The third-order valence-corrected chi connectivity index (χ3v) is 3.31. The standard InChI is InChI=1S/C16H19BrN2O/c1-12(2)18-9-13-5-3-4-6-16(13)20-11-15-8-7-14(17)10-19-15/h3-8,10,12,18H,9,11H2,1-2H3.